The lowest BCUT2D eigenvalue weighted by Crippen LogP contribution is -2.24. The smallest absolute Gasteiger partial charge is 0.271 e. The third-order valence-corrected chi connectivity index (χ3v) is 4.32. The summed E-state index contributed by atoms with van der Waals surface area (Å²) in [5, 5.41) is 5.49. The third kappa shape index (κ3) is 2.92. The Morgan fingerprint density at radius 1 is 1.36 bits per heavy atom. The summed E-state index contributed by atoms with van der Waals surface area (Å²) in [6.07, 6.45) is 3.56. The van der Waals surface area contributed by atoms with Gasteiger partial charge in [-0.05, 0) is 12.5 Å². The zero-order chi connectivity index (χ0) is 15.5. The van der Waals surface area contributed by atoms with E-state index in [9.17, 15) is 4.79 Å². The number of hydrogen-bond acceptors (Lipinski definition) is 4. The van der Waals surface area contributed by atoms with Gasteiger partial charge in [-0.15, -0.1) is 11.3 Å². The van der Waals surface area contributed by atoms with Crippen molar-refractivity contribution in [2.45, 2.75) is 13.5 Å². The number of imidazole rings is 1. The van der Waals surface area contributed by atoms with Crippen LogP contribution in [-0.4, -0.2) is 20.4 Å². The Labute approximate surface area is 132 Å². The number of nitrogens with zero attached hydrogens (tertiary/aromatic N) is 3. The van der Waals surface area contributed by atoms with E-state index < -0.39 is 0 Å². The molecule has 3 aromatic rings. The van der Waals surface area contributed by atoms with Crippen LogP contribution >= 0.6 is 11.3 Å². The van der Waals surface area contributed by atoms with Crippen LogP contribution in [0.15, 0.2) is 42.0 Å². The van der Waals surface area contributed by atoms with E-state index >= 15 is 0 Å². The fourth-order valence-corrected chi connectivity index (χ4v) is 3.02. The predicted octanol–water partition coefficient (Wildman–Crippen LogP) is 2.78. The van der Waals surface area contributed by atoms with Crippen molar-refractivity contribution in [2.24, 2.45) is 7.05 Å². The summed E-state index contributed by atoms with van der Waals surface area (Å²) in [6, 6.07) is 8.03. The lowest BCUT2D eigenvalue weighted by atomic mass is 10.1. The number of thiazole rings is 1. The molecule has 5 nitrogen and oxygen atoms in total. The molecule has 1 N–H and O–H groups in total. The van der Waals surface area contributed by atoms with Crippen LogP contribution in [0.4, 0.5) is 0 Å². The van der Waals surface area contributed by atoms with E-state index in [0.29, 0.717) is 12.2 Å². The fraction of sp³-hybridized carbons (Fsp3) is 0.188. The lowest BCUT2D eigenvalue weighted by Gasteiger charge is -2.03. The van der Waals surface area contributed by atoms with Gasteiger partial charge in [-0.25, -0.2) is 9.97 Å². The van der Waals surface area contributed by atoms with Crippen LogP contribution in [-0.2, 0) is 13.6 Å². The topological polar surface area (TPSA) is 59.8 Å². The van der Waals surface area contributed by atoms with Gasteiger partial charge in [0.15, 0.2) is 0 Å². The first-order valence-electron chi connectivity index (χ1n) is 6.91. The molecule has 0 spiro atoms. The quantitative estimate of drug-likeness (QED) is 0.806. The molecular formula is C16H16N4OS. The minimum atomic E-state index is -0.181. The molecule has 3 rings (SSSR count). The molecule has 0 fully saturated rings. The summed E-state index contributed by atoms with van der Waals surface area (Å²) >= 11 is 1.48. The van der Waals surface area contributed by atoms with E-state index in [1.807, 2.05) is 49.0 Å². The van der Waals surface area contributed by atoms with Gasteiger partial charge in [0.05, 0.1) is 6.54 Å². The maximum Gasteiger partial charge on any atom is 0.271 e. The molecule has 0 aliphatic carbocycles. The maximum absolute atomic E-state index is 12.2. The lowest BCUT2D eigenvalue weighted by molar-refractivity contribution is 0.0945. The highest BCUT2D eigenvalue weighted by atomic mass is 32.1. The molecule has 0 aliphatic rings. The summed E-state index contributed by atoms with van der Waals surface area (Å²) in [7, 11) is 1.90. The number of hydrogen-bond donors (Lipinski definition) is 1. The number of aryl methyl sites for hydroxylation is 2. The second-order valence-corrected chi connectivity index (χ2v) is 5.85. The Hall–Kier alpha value is -2.47. The van der Waals surface area contributed by atoms with Crippen LogP contribution in [0.25, 0.3) is 10.6 Å². The molecule has 22 heavy (non-hydrogen) atoms. The Morgan fingerprint density at radius 2 is 2.18 bits per heavy atom. The molecule has 1 amide bonds. The third-order valence-electron chi connectivity index (χ3n) is 3.44. The molecule has 2 aromatic heterocycles. The maximum atomic E-state index is 12.2. The van der Waals surface area contributed by atoms with E-state index in [1.54, 1.807) is 11.6 Å². The van der Waals surface area contributed by atoms with Gasteiger partial charge in [-0.2, -0.15) is 0 Å². The minimum Gasteiger partial charge on any atom is -0.343 e. The molecule has 1 aromatic carbocycles. The summed E-state index contributed by atoms with van der Waals surface area (Å²) in [5.41, 5.74) is 2.66. The predicted molar refractivity (Wildman–Crippen MR) is 86.7 cm³/mol. The van der Waals surface area contributed by atoms with Gasteiger partial charge in [0.25, 0.3) is 5.91 Å². The Balaban J connectivity index is 1.72. The number of rotatable bonds is 4. The van der Waals surface area contributed by atoms with Crippen LogP contribution < -0.4 is 5.32 Å². The van der Waals surface area contributed by atoms with E-state index in [4.69, 9.17) is 0 Å². The van der Waals surface area contributed by atoms with Crippen LogP contribution in [0.5, 0.6) is 0 Å². The zero-order valence-corrected chi connectivity index (χ0v) is 13.2. The average molecular weight is 312 g/mol. The molecule has 0 aliphatic heterocycles. The Bertz CT molecular complexity index is 806. The second-order valence-electron chi connectivity index (χ2n) is 4.99. The van der Waals surface area contributed by atoms with Gasteiger partial charge in [0.1, 0.15) is 16.5 Å². The molecular weight excluding hydrogens is 296 g/mol. The van der Waals surface area contributed by atoms with E-state index in [1.165, 1.54) is 11.3 Å². The van der Waals surface area contributed by atoms with Crippen molar-refractivity contribution in [1.82, 2.24) is 19.9 Å². The summed E-state index contributed by atoms with van der Waals surface area (Å²) in [5.74, 6) is 0.627. The van der Waals surface area contributed by atoms with Crippen LogP contribution in [0.1, 0.15) is 21.9 Å². The van der Waals surface area contributed by atoms with Gasteiger partial charge in [0, 0.05) is 30.4 Å². The number of benzene rings is 1. The highest BCUT2D eigenvalue weighted by Gasteiger charge is 2.13. The Morgan fingerprint density at radius 3 is 2.91 bits per heavy atom. The van der Waals surface area contributed by atoms with Crippen LogP contribution in [0.3, 0.4) is 0 Å². The standard InChI is InChI=1S/C16H16N4OS/c1-11-5-3-4-6-12(11)16-19-13(10-22-16)15(21)18-9-14-17-7-8-20(14)2/h3-8,10H,9H2,1-2H3,(H,18,21). The average Bonchev–Trinajstić information content (AvgIpc) is 3.14. The van der Waals surface area contributed by atoms with Gasteiger partial charge < -0.3 is 9.88 Å². The monoisotopic (exact) mass is 312 g/mol. The summed E-state index contributed by atoms with van der Waals surface area (Å²) in [4.78, 5) is 20.8. The zero-order valence-electron chi connectivity index (χ0n) is 12.4. The van der Waals surface area contributed by atoms with Crippen LogP contribution in [0, 0.1) is 6.92 Å². The summed E-state index contributed by atoms with van der Waals surface area (Å²) in [6.45, 7) is 2.43. The fourth-order valence-electron chi connectivity index (χ4n) is 2.13. The second kappa shape index (κ2) is 6.11. The first-order valence-corrected chi connectivity index (χ1v) is 7.79. The van der Waals surface area contributed by atoms with Crippen molar-refractivity contribution < 1.29 is 4.79 Å². The number of carbonyl (C=O) groups is 1. The molecule has 112 valence electrons. The highest BCUT2D eigenvalue weighted by Crippen LogP contribution is 2.26. The number of nitrogens with one attached hydrogen (secondary N) is 1. The van der Waals surface area contributed by atoms with E-state index in [0.717, 1.165) is 22.0 Å². The SMILES string of the molecule is Cc1ccccc1-c1nc(C(=O)NCc2nccn2C)cs1. The van der Waals surface area contributed by atoms with Gasteiger partial charge in [0.2, 0.25) is 0 Å². The van der Waals surface area contributed by atoms with Crippen molar-refractivity contribution in [2.75, 3.05) is 0 Å². The van der Waals surface area contributed by atoms with E-state index in [-0.39, 0.29) is 5.91 Å². The Kier molecular flexibility index (Phi) is 4.02. The summed E-state index contributed by atoms with van der Waals surface area (Å²) < 4.78 is 1.88. The molecule has 0 saturated carbocycles. The van der Waals surface area contributed by atoms with Crippen molar-refractivity contribution in [3.8, 4) is 10.6 Å². The molecule has 6 heteroatoms. The van der Waals surface area contributed by atoms with Gasteiger partial charge in [-0.3, -0.25) is 4.79 Å². The molecule has 0 saturated heterocycles. The minimum absolute atomic E-state index is 0.181. The van der Waals surface area contributed by atoms with Crippen LogP contribution in [0.2, 0.25) is 0 Å². The van der Waals surface area contributed by atoms with Crippen molar-refractivity contribution in [3.63, 3.8) is 0 Å². The molecule has 0 radical (unpaired) electrons. The molecule has 2 heterocycles. The van der Waals surface area contributed by atoms with E-state index in [2.05, 4.69) is 15.3 Å². The molecule has 0 atom stereocenters. The highest BCUT2D eigenvalue weighted by molar-refractivity contribution is 7.13. The van der Waals surface area contributed by atoms with Gasteiger partial charge >= 0.3 is 0 Å². The normalized spacial score (nSPS) is 10.6. The molecule has 0 unspecified atom stereocenters. The largest absolute Gasteiger partial charge is 0.343 e. The van der Waals surface area contributed by atoms with Crippen molar-refractivity contribution in [3.05, 3.63) is 59.1 Å². The number of carbonyl (C=O) groups excluding carboxylic acids is 1. The first-order chi connectivity index (χ1) is 10.6. The number of amides is 1. The van der Waals surface area contributed by atoms with Crippen molar-refractivity contribution >= 4 is 17.2 Å². The van der Waals surface area contributed by atoms with Crippen molar-refractivity contribution in [1.29, 1.82) is 0 Å². The van der Waals surface area contributed by atoms with Gasteiger partial charge in [-0.1, -0.05) is 24.3 Å². The number of aromatic nitrogens is 3. The molecule has 0 bridgehead atoms. The first kappa shape index (κ1) is 14.5.